The van der Waals surface area contributed by atoms with Crippen LogP contribution in [0.15, 0.2) is 46.3 Å². The molecule has 0 bridgehead atoms. The molecule has 0 aliphatic carbocycles. The average Bonchev–Trinajstić information content (AvgIpc) is 2.71. The first-order valence-electron chi connectivity index (χ1n) is 9.93. The van der Waals surface area contributed by atoms with Gasteiger partial charge in [0.2, 0.25) is 10.0 Å². The zero-order valence-electron chi connectivity index (χ0n) is 17.2. The Morgan fingerprint density at radius 1 is 1.00 bits per heavy atom. The zero-order chi connectivity index (χ0) is 21.6. The second-order valence-corrected chi connectivity index (χ2v) is 9.86. The second kappa shape index (κ2) is 7.59. The highest BCUT2D eigenvalue weighted by atomic mass is 32.2. The number of rotatable bonds is 3. The zero-order valence-corrected chi connectivity index (χ0v) is 18.0. The maximum atomic E-state index is 13.4. The minimum absolute atomic E-state index is 0.147. The molecule has 0 amide bonds. The predicted octanol–water partition coefficient (Wildman–Crippen LogP) is 3.49. The van der Waals surface area contributed by atoms with E-state index in [4.69, 9.17) is 0 Å². The Morgan fingerprint density at radius 2 is 1.67 bits per heavy atom. The molecule has 0 spiro atoms. The maximum Gasteiger partial charge on any atom is 0.261 e. The van der Waals surface area contributed by atoms with Crippen molar-refractivity contribution < 1.29 is 12.8 Å². The number of benzene rings is 2. The Labute approximate surface area is 175 Å². The standard InChI is InChI=1S/C22H24FN3O3S/c1-14-10-16(3)21(11-15(14)2)30(28,29)25-8-6-18(7-9-25)26-13-24-20-12-17(23)4-5-19(20)22(26)27/h4-5,10-13,18H,6-9H2,1-3H3. The van der Waals surface area contributed by atoms with Gasteiger partial charge in [-0.1, -0.05) is 6.07 Å². The van der Waals surface area contributed by atoms with Gasteiger partial charge in [0.15, 0.2) is 0 Å². The largest absolute Gasteiger partial charge is 0.296 e. The molecule has 2 aromatic carbocycles. The molecule has 158 valence electrons. The third-order valence-electron chi connectivity index (χ3n) is 5.97. The Morgan fingerprint density at radius 3 is 2.37 bits per heavy atom. The van der Waals surface area contributed by atoms with Crippen LogP contribution in [0.25, 0.3) is 10.9 Å². The van der Waals surface area contributed by atoms with Crippen molar-refractivity contribution in [3.8, 4) is 0 Å². The van der Waals surface area contributed by atoms with Crippen molar-refractivity contribution in [3.05, 3.63) is 69.5 Å². The van der Waals surface area contributed by atoms with Crippen LogP contribution in [0, 0.1) is 26.6 Å². The van der Waals surface area contributed by atoms with Gasteiger partial charge in [-0.15, -0.1) is 0 Å². The lowest BCUT2D eigenvalue weighted by atomic mass is 10.1. The number of nitrogens with zero attached hydrogens (tertiary/aromatic N) is 3. The normalized spacial score (nSPS) is 16.3. The van der Waals surface area contributed by atoms with Crippen LogP contribution in [0.5, 0.6) is 0 Å². The van der Waals surface area contributed by atoms with Crippen LogP contribution in [0.1, 0.15) is 35.6 Å². The van der Waals surface area contributed by atoms with E-state index in [9.17, 15) is 17.6 Å². The van der Waals surface area contributed by atoms with Crippen molar-refractivity contribution in [2.45, 2.75) is 44.6 Å². The van der Waals surface area contributed by atoms with Crippen molar-refractivity contribution in [2.24, 2.45) is 0 Å². The van der Waals surface area contributed by atoms with Crippen LogP contribution in [0.4, 0.5) is 4.39 Å². The molecule has 0 N–H and O–H groups in total. The fraction of sp³-hybridized carbons (Fsp3) is 0.364. The van der Waals surface area contributed by atoms with E-state index in [1.807, 2.05) is 26.8 Å². The van der Waals surface area contributed by atoms with Gasteiger partial charge in [-0.3, -0.25) is 9.36 Å². The molecule has 1 saturated heterocycles. The van der Waals surface area contributed by atoms with E-state index in [1.165, 1.54) is 28.8 Å². The monoisotopic (exact) mass is 429 g/mol. The molecule has 0 unspecified atom stereocenters. The summed E-state index contributed by atoms with van der Waals surface area (Å²) >= 11 is 0. The van der Waals surface area contributed by atoms with E-state index in [2.05, 4.69) is 4.98 Å². The smallest absolute Gasteiger partial charge is 0.261 e. The van der Waals surface area contributed by atoms with Gasteiger partial charge in [0.1, 0.15) is 5.82 Å². The molecule has 1 aliphatic rings. The molecule has 3 aromatic rings. The number of piperidine rings is 1. The van der Waals surface area contributed by atoms with Gasteiger partial charge in [0, 0.05) is 25.2 Å². The highest BCUT2D eigenvalue weighted by molar-refractivity contribution is 7.89. The Hall–Kier alpha value is -2.58. The molecule has 1 aliphatic heterocycles. The molecule has 0 atom stereocenters. The minimum atomic E-state index is -3.60. The van der Waals surface area contributed by atoms with Gasteiger partial charge in [0.25, 0.3) is 5.56 Å². The molecule has 8 heteroatoms. The highest BCUT2D eigenvalue weighted by Crippen LogP contribution is 2.29. The molecule has 1 fully saturated rings. The Bertz CT molecular complexity index is 1290. The van der Waals surface area contributed by atoms with E-state index in [-0.39, 0.29) is 11.6 Å². The van der Waals surface area contributed by atoms with E-state index in [0.29, 0.717) is 41.7 Å². The Kier molecular flexibility index (Phi) is 5.23. The molecular formula is C22H24FN3O3S. The second-order valence-electron chi connectivity index (χ2n) is 7.96. The number of aromatic nitrogens is 2. The van der Waals surface area contributed by atoms with Gasteiger partial charge < -0.3 is 0 Å². The quantitative estimate of drug-likeness (QED) is 0.639. The van der Waals surface area contributed by atoms with Crippen LogP contribution < -0.4 is 5.56 Å². The van der Waals surface area contributed by atoms with E-state index < -0.39 is 15.8 Å². The van der Waals surface area contributed by atoms with Gasteiger partial charge in [-0.25, -0.2) is 17.8 Å². The van der Waals surface area contributed by atoms with Crippen molar-refractivity contribution in [2.75, 3.05) is 13.1 Å². The Balaban J connectivity index is 1.58. The lowest BCUT2D eigenvalue weighted by molar-refractivity contribution is 0.269. The maximum absolute atomic E-state index is 13.4. The van der Waals surface area contributed by atoms with Gasteiger partial charge in [-0.05, 0) is 68.5 Å². The van der Waals surface area contributed by atoms with E-state index in [1.54, 1.807) is 10.6 Å². The SMILES string of the molecule is Cc1cc(C)c(S(=O)(=O)N2CCC(n3cnc4cc(F)ccc4c3=O)CC2)cc1C. The molecule has 0 saturated carbocycles. The fourth-order valence-corrected chi connectivity index (χ4v) is 5.84. The number of fused-ring (bicyclic) bond motifs is 1. The summed E-state index contributed by atoms with van der Waals surface area (Å²) in [4.78, 5) is 17.4. The number of hydrogen-bond donors (Lipinski definition) is 0. The summed E-state index contributed by atoms with van der Waals surface area (Å²) in [5, 5.41) is 0.361. The van der Waals surface area contributed by atoms with E-state index >= 15 is 0 Å². The van der Waals surface area contributed by atoms with E-state index in [0.717, 1.165) is 16.7 Å². The average molecular weight is 430 g/mol. The minimum Gasteiger partial charge on any atom is -0.296 e. The summed E-state index contributed by atoms with van der Waals surface area (Å²) in [6.45, 7) is 6.34. The first-order valence-corrected chi connectivity index (χ1v) is 11.4. The number of sulfonamides is 1. The third-order valence-corrected chi connectivity index (χ3v) is 8.01. The lowest BCUT2D eigenvalue weighted by Crippen LogP contribution is -2.41. The third kappa shape index (κ3) is 3.54. The van der Waals surface area contributed by atoms with Gasteiger partial charge in [0.05, 0.1) is 22.1 Å². The molecule has 4 rings (SSSR count). The number of halogens is 1. The van der Waals surface area contributed by atoms with Crippen LogP contribution in [0.3, 0.4) is 0 Å². The van der Waals surface area contributed by atoms with Crippen LogP contribution in [-0.2, 0) is 10.0 Å². The topological polar surface area (TPSA) is 72.3 Å². The summed E-state index contributed by atoms with van der Waals surface area (Å²) in [6.07, 6.45) is 2.46. The molecular weight excluding hydrogens is 405 g/mol. The van der Waals surface area contributed by atoms with Crippen molar-refractivity contribution >= 4 is 20.9 Å². The van der Waals surface area contributed by atoms with Crippen LogP contribution in [0.2, 0.25) is 0 Å². The molecule has 0 radical (unpaired) electrons. The predicted molar refractivity (Wildman–Crippen MR) is 114 cm³/mol. The molecule has 2 heterocycles. The first-order chi connectivity index (χ1) is 14.2. The van der Waals surface area contributed by atoms with Gasteiger partial charge >= 0.3 is 0 Å². The molecule has 6 nitrogen and oxygen atoms in total. The fourth-order valence-electron chi connectivity index (χ4n) is 4.08. The molecule has 30 heavy (non-hydrogen) atoms. The number of hydrogen-bond acceptors (Lipinski definition) is 4. The van der Waals surface area contributed by atoms with Crippen LogP contribution >= 0.6 is 0 Å². The summed E-state index contributed by atoms with van der Waals surface area (Å²) in [7, 11) is -3.60. The highest BCUT2D eigenvalue weighted by Gasteiger charge is 2.31. The summed E-state index contributed by atoms with van der Waals surface area (Å²) in [6, 6.07) is 7.42. The first kappa shape index (κ1) is 20.7. The number of aryl methyl sites for hydroxylation is 3. The summed E-state index contributed by atoms with van der Waals surface area (Å²) < 4.78 is 42.8. The summed E-state index contributed by atoms with van der Waals surface area (Å²) in [5.41, 5.74) is 2.84. The van der Waals surface area contributed by atoms with Crippen molar-refractivity contribution in [1.29, 1.82) is 0 Å². The van der Waals surface area contributed by atoms with Crippen molar-refractivity contribution in [3.63, 3.8) is 0 Å². The van der Waals surface area contributed by atoms with Gasteiger partial charge in [-0.2, -0.15) is 4.31 Å². The molecule has 1 aromatic heterocycles. The lowest BCUT2D eigenvalue weighted by Gasteiger charge is -2.32. The van der Waals surface area contributed by atoms with Crippen LogP contribution in [-0.4, -0.2) is 35.4 Å². The summed E-state index contributed by atoms with van der Waals surface area (Å²) in [5.74, 6) is -0.438. The van der Waals surface area contributed by atoms with Crippen molar-refractivity contribution in [1.82, 2.24) is 13.9 Å².